The van der Waals surface area contributed by atoms with Crippen LogP contribution in [0.25, 0.3) is 0 Å². The summed E-state index contributed by atoms with van der Waals surface area (Å²) in [5, 5.41) is 3.70. The fourth-order valence-corrected chi connectivity index (χ4v) is 2.49. The van der Waals surface area contributed by atoms with Gasteiger partial charge < -0.3 is 15.0 Å². The molecule has 3 nitrogen and oxygen atoms in total. The number of piperidine rings is 1. The molecule has 1 fully saturated rings. The number of ether oxygens (including phenoxy) is 1. The molecule has 0 amide bonds. The SMILES string of the molecule is COCCC(C)NC(C)C1CCN(C)CC1. The third-order valence-corrected chi connectivity index (χ3v) is 3.77. The zero-order valence-corrected chi connectivity index (χ0v) is 11.3. The molecule has 96 valence electrons. The summed E-state index contributed by atoms with van der Waals surface area (Å²) < 4.78 is 5.11. The second kappa shape index (κ2) is 7.25. The van der Waals surface area contributed by atoms with Gasteiger partial charge in [-0.2, -0.15) is 0 Å². The van der Waals surface area contributed by atoms with Crippen LogP contribution in [0, 0.1) is 5.92 Å². The van der Waals surface area contributed by atoms with Crippen LogP contribution in [0.2, 0.25) is 0 Å². The van der Waals surface area contributed by atoms with Gasteiger partial charge in [0.25, 0.3) is 0 Å². The average Bonchev–Trinajstić information content (AvgIpc) is 2.27. The second-order valence-corrected chi connectivity index (χ2v) is 5.28. The van der Waals surface area contributed by atoms with Crippen molar-refractivity contribution in [3.8, 4) is 0 Å². The third-order valence-electron chi connectivity index (χ3n) is 3.77. The fraction of sp³-hybridized carbons (Fsp3) is 1.00. The highest BCUT2D eigenvalue weighted by Gasteiger charge is 2.22. The first kappa shape index (κ1) is 13.9. The topological polar surface area (TPSA) is 24.5 Å². The number of nitrogens with one attached hydrogen (secondary N) is 1. The van der Waals surface area contributed by atoms with E-state index in [4.69, 9.17) is 4.74 Å². The Hall–Kier alpha value is -0.120. The third kappa shape index (κ3) is 4.81. The Morgan fingerprint density at radius 3 is 2.50 bits per heavy atom. The molecule has 0 aliphatic carbocycles. The zero-order valence-electron chi connectivity index (χ0n) is 11.3. The molecule has 1 rings (SSSR count). The Kier molecular flexibility index (Phi) is 6.32. The van der Waals surface area contributed by atoms with E-state index in [0.717, 1.165) is 18.9 Å². The molecule has 2 unspecified atom stereocenters. The van der Waals surface area contributed by atoms with Crippen molar-refractivity contribution < 1.29 is 4.74 Å². The molecule has 0 aromatic carbocycles. The van der Waals surface area contributed by atoms with Gasteiger partial charge >= 0.3 is 0 Å². The number of rotatable bonds is 6. The summed E-state index contributed by atoms with van der Waals surface area (Å²) in [6.07, 6.45) is 3.77. The van der Waals surface area contributed by atoms with Gasteiger partial charge in [0.1, 0.15) is 0 Å². The van der Waals surface area contributed by atoms with E-state index >= 15 is 0 Å². The maximum atomic E-state index is 5.11. The van der Waals surface area contributed by atoms with E-state index in [9.17, 15) is 0 Å². The molecule has 0 aromatic rings. The molecule has 0 aromatic heterocycles. The Morgan fingerprint density at radius 1 is 1.31 bits per heavy atom. The first-order valence-corrected chi connectivity index (χ1v) is 6.57. The van der Waals surface area contributed by atoms with Crippen LogP contribution in [-0.4, -0.2) is 50.8 Å². The predicted octanol–water partition coefficient (Wildman–Crippen LogP) is 1.73. The van der Waals surface area contributed by atoms with Gasteiger partial charge in [-0.1, -0.05) is 0 Å². The van der Waals surface area contributed by atoms with Crippen molar-refractivity contribution >= 4 is 0 Å². The molecule has 0 spiro atoms. The Bertz CT molecular complexity index is 179. The first-order chi connectivity index (χ1) is 7.63. The summed E-state index contributed by atoms with van der Waals surface area (Å²) in [5.74, 6) is 0.848. The molecule has 16 heavy (non-hydrogen) atoms. The lowest BCUT2D eigenvalue weighted by atomic mass is 9.90. The second-order valence-electron chi connectivity index (χ2n) is 5.28. The largest absolute Gasteiger partial charge is 0.385 e. The van der Waals surface area contributed by atoms with Crippen LogP contribution in [0.5, 0.6) is 0 Å². The summed E-state index contributed by atoms with van der Waals surface area (Å²) in [6.45, 7) is 7.95. The van der Waals surface area contributed by atoms with Crippen LogP contribution in [0.15, 0.2) is 0 Å². The smallest absolute Gasteiger partial charge is 0.0476 e. The minimum Gasteiger partial charge on any atom is -0.385 e. The maximum absolute atomic E-state index is 5.11. The van der Waals surface area contributed by atoms with Crippen LogP contribution in [-0.2, 0) is 4.74 Å². The van der Waals surface area contributed by atoms with Gasteiger partial charge in [0.2, 0.25) is 0 Å². The zero-order chi connectivity index (χ0) is 12.0. The molecule has 0 saturated carbocycles. The lowest BCUT2D eigenvalue weighted by Gasteiger charge is -2.34. The van der Waals surface area contributed by atoms with E-state index in [1.807, 2.05) is 0 Å². The van der Waals surface area contributed by atoms with Crippen molar-refractivity contribution in [2.75, 3.05) is 33.9 Å². The molecular weight excluding hydrogens is 200 g/mol. The van der Waals surface area contributed by atoms with E-state index < -0.39 is 0 Å². The molecule has 1 heterocycles. The Morgan fingerprint density at radius 2 is 1.94 bits per heavy atom. The number of hydrogen-bond donors (Lipinski definition) is 1. The van der Waals surface area contributed by atoms with Crippen LogP contribution in [0.4, 0.5) is 0 Å². The monoisotopic (exact) mass is 228 g/mol. The van der Waals surface area contributed by atoms with E-state index in [-0.39, 0.29) is 0 Å². The van der Waals surface area contributed by atoms with Crippen molar-refractivity contribution in [3.63, 3.8) is 0 Å². The minimum absolute atomic E-state index is 0.564. The minimum atomic E-state index is 0.564. The van der Waals surface area contributed by atoms with Crippen molar-refractivity contribution in [1.29, 1.82) is 0 Å². The van der Waals surface area contributed by atoms with Gasteiger partial charge in [-0.3, -0.25) is 0 Å². The van der Waals surface area contributed by atoms with E-state index in [1.165, 1.54) is 25.9 Å². The fourth-order valence-electron chi connectivity index (χ4n) is 2.49. The molecule has 1 saturated heterocycles. The van der Waals surface area contributed by atoms with Gasteiger partial charge in [0, 0.05) is 25.8 Å². The number of nitrogens with zero attached hydrogens (tertiary/aromatic N) is 1. The molecule has 0 bridgehead atoms. The maximum Gasteiger partial charge on any atom is 0.0476 e. The lowest BCUT2D eigenvalue weighted by Crippen LogP contribution is -2.44. The van der Waals surface area contributed by atoms with Crippen LogP contribution in [0.3, 0.4) is 0 Å². The number of likely N-dealkylation sites (tertiary alicyclic amines) is 1. The summed E-state index contributed by atoms with van der Waals surface area (Å²) in [6, 6.07) is 1.20. The van der Waals surface area contributed by atoms with E-state index in [0.29, 0.717) is 12.1 Å². The van der Waals surface area contributed by atoms with E-state index in [2.05, 4.69) is 31.1 Å². The number of hydrogen-bond acceptors (Lipinski definition) is 3. The molecule has 1 aliphatic heterocycles. The normalized spacial score (nSPS) is 23.2. The summed E-state index contributed by atoms with van der Waals surface area (Å²) in [4.78, 5) is 2.43. The van der Waals surface area contributed by atoms with Crippen molar-refractivity contribution in [2.45, 2.75) is 45.2 Å². The average molecular weight is 228 g/mol. The quantitative estimate of drug-likeness (QED) is 0.749. The van der Waals surface area contributed by atoms with Crippen LogP contribution in [0.1, 0.15) is 33.1 Å². The highest BCUT2D eigenvalue weighted by molar-refractivity contribution is 4.80. The van der Waals surface area contributed by atoms with E-state index in [1.54, 1.807) is 7.11 Å². The van der Waals surface area contributed by atoms with Crippen LogP contribution >= 0.6 is 0 Å². The molecule has 1 N–H and O–H groups in total. The molecule has 1 aliphatic rings. The van der Waals surface area contributed by atoms with Crippen LogP contribution < -0.4 is 5.32 Å². The molecule has 0 radical (unpaired) electrons. The standard InChI is InChI=1S/C13H28N2O/c1-11(7-10-16-4)14-12(2)13-5-8-15(3)9-6-13/h11-14H,5-10H2,1-4H3. The molecule has 3 heteroatoms. The lowest BCUT2D eigenvalue weighted by molar-refractivity contribution is 0.165. The van der Waals surface area contributed by atoms with Crippen molar-refractivity contribution in [3.05, 3.63) is 0 Å². The van der Waals surface area contributed by atoms with Crippen molar-refractivity contribution in [1.82, 2.24) is 10.2 Å². The predicted molar refractivity (Wildman–Crippen MR) is 68.8 cm³/mol. The number of methoxy groups -OCH3 is 1. The summed E-state index contributed by atoms with van der Waals surface area (Å²) >= 11 is 0. The van der Waals surface area contributed by atoms with Gasteiger partial charge in [-0.05, 0) is 59.2 Å². The Labute approximate surface area is 101 Å². The highest BCUT2D eigenvalue weighted by atomic mass is 16.5. The van der Waals surface area contributed by atoms with Gasteiger partial charge in [0.05, 0.1) is 0 Å². The molecule has 2 atom stereocenters. The summed E-state index contributed by atoms with van der Waals surface area (Å²) in [5.41, 5.74) is 0. The van der Waals surface area contributed by atoms with Gasteiger partial charge in [0.15, 0.2) is 0 Å². The van der Waals surface area contributed by atoms with Crippen molar-refractivity contribution in [2.24, 2.45) is 5.92 Å². The Balaban J connectivity index is 2.20. The first-order valence-electron chi connectivity index (χ1n) is 6.57. The highest BCUT2D eigenvalue weighted by Crippen LogP contribution is 2.20. The molecular formula is C13H28N2O. The van der Waals surface area contributed by atoms with Gasteiger partial charge in [-0.15, -0.1) is 0 Å². The van der Waals surface area contributed by atoms with Gasteiger partial charge in [-0.25, -0.2) is 0 Å². The summed E-state index contributed by atoms with van der Waals surface area (Å²) in [7, 11) is 3.99.